The van der Waals surface area contributed by atoms with Crippen molar-refractivity contribution in [3.63, 3.8) is 0 Å². The van der Waals surface area contributed by atoms with Crippen LogP contribution in [0.4, 0.5) is 11.5 Å². The molecule has 4 rings (SSSR count). The lowest BCUT2D eigenvalue weighted by atomic mass is 10.1. The maximum absolute atomic E-state index is 13.0. The van der Waals surface area contributed by atoms with Gasteiger partial charge in [-0.3, -0.25) is 4.79 Å². The van der Waals surface area contributed by atoms with Crippen molar-refractivity contribution in [2.75, 3.05) is 62.8 Å². The number of hydrogen-bond acceptors (Lipinski definition) is 6. The summed E-state index contributed by atoms with van der Waals surface area (Å²) in [5.41, 5.74) is 2.68. The van der Waals surface area contributed by atoms with Gasteiger partial charge in [-0.25, -0.2) is 4.98 Å². The molecule has 1 N–H and O–H groups in total. The maximum Gasteiger partial charge on any atom is 0.252 e. The SMILES string of the molecule is CCCOCCNC(=O)c1cc(N2CCN(c3ccc(OC)cc3)CC2)nc2ccccc12. The highest BCUT2D eigenvalue weighted by Gasteiger charge is 2.21. The Morgan fingerprint density at radius 1 is 1.00 bits per heavy atom. The molecule has 0 aliphatic carbocycles. The quantitative estimate of drug-likeness (QED) is 0.503. The van der Waals surface area contributed by atoms with Crippen LogP contribution in [0.15, 0.2) is 54.6 Å². The van der Waals surface area contributed by atoms with Crippen LogP contribution in [0.1, 0.15) is 23.7 Å². The molecule has 0 saturated carbocycles. The average Bonchev–Trinajstić information content (AvgIpc) is 2.88. The highest BCUT2D eigenvalue weighted by Crippen LogP contribution is 2.26. The summed E-state index contributed by atoms with van der Waals surface area (Å²) >= 11 is 0. The van der Waals surface area contributed by atoms with Crippen molar-refractivity contribution in [3.8, 4) is 5.75 Å². The third-order valence-corrected chi connectivity index (χ3v) is 5.87. The molecule has 1 fully saturated rings. The Hall–Kier alpha value is -3.32. The molecular weight excluding hydrogens is 416 g/mol. The fourth-order valence-corrected chi connectivity index (χ4v) is 4.08. The van der Waals surface area contributed by atoms with Gasteiger partial charge in [0.2, 0.25) is 0 Å². The summed E-state index contributed by atoms with van der Waals surface area (Å²) in [4.78, 5) is 22.5. The summed E-state index contributed by atoms with van der Waals surface area (Å²) in [6.07, 6.45) is 0.970. The van der Waals surface area contributed by atoms with Crippen LogP contribution >= 0.6 is 0 Å². The van der Waals surface area contributed by atoms with Crippen molar-refractivity contribution in [1.29, 1.82) is 0 Å². The molecule has 0 radical (unpaired) electrons. The van der Waals surface area contributed by atoms with E-state index in [1.165, 1.54) is 5.69 Å². The summed E-state index contributed by atoms with van der Waals surface area (Å²) in [6.45, 7) is 7.23. The average molecular weight is 449 g/mol. The number of carbonyl (C=O) groups is 1. The molecule has 1 aliphatic rings. The van der Waals surface area contributed by atoms with Gasteiger partial charge in [-0.15, -0.1) is 0 Å². The van der Waals surface area contributed by atoms with Crippen LogP contribution in [0.3, 0.4) is 0 Å². The van der Waals surface area contributed by atoms with Gasteiger partial charge in [0, 0.05) is 50.4 Å². The number of pyridine rings is 1. The molecule has 2 heterocycles. The molecule has 1 aliphatic heterocycles. The minimum atomic E-state index is -0.0909. The number of piperazine rings is 1. The van der Waals surface area contributed by atoms with Crippen molar-refractivity contribution >= 4 is 28.3 Å². The van der Waals surface area contributed by atoms with Crippen molar-refractivity contribution in [3.05, 3.63) is 60.2 Å². The Morgan fingerprint density at radius 2 is 1.73 bits per heavy atom. The second-order valence-electron chi connectivity index (χ2n) is 8.09. The third kappa shape index (κ3) is 5.54. The zero-order chi connectivity index (χ0) is 23.0. The van der Waals surface area contributed by atoms with Crippen LogP contribution in [0.5, 0.6) is 5.75 Å². The normalized spacial score (nSPS) is 13.9. The lowest BCUT2D eigenvalue weighted by Crippen LogP contribution is -2.47. The Morgan fingerprint density at radius 3 is 2.45 bits per heavy atom. The first kappa shape index (κ1) is 22.9. The van der Waals surface area contributed by atoms with Gasteiger partial charge in [0.1, 0.15) is 11.6 Å². The Balaban J connectivity index is 1.47. The Kier molecular flexibility index (Phi) is 7.62. The van der Waals surface area contributed by atoms with Crippen LogP contribution < -0.4 is 19.9 Å². The van der Waals surface area contributed by atoms with Gasteiger partial charge >= 0.3 is 0 Å². The summed E-state index contributed by atoms with van der Waals surface area (Å²) in [5.74, 6) is 1.61. The smallest absolute Gasteiger partial charge is 0.252 e. The monoisotopic (exact) mass is 448 g/mol. The molecule has 1 saturated heterocycles. The van der Waals surface area contributed by atoms with E-state index >= 15 is 0 Å². The van der Waals surface area contributed by atoms with Crippen molar-refractivity contribution in [2.24, 2.45) is 0 Å². The van der Waals surface area contributed by atoms with E-state index in [1.54, 1.807) is 7.11 Å². The zero-order valence-corrected chi connectivity index (χ0v) is 19.4. The third-order valence-electron chi connectivity index (χ3n) is 5.87. The Labute approximate surface area is 195 Å². The molecule has 0 spiro atoms. The molecule has 3 aromatic rings. The molecule has 0 unspecified atom stereocenters. The molecule has 0 bridgehead atoms. The lowest BCUT2D eigenvalue weighted by Gasteiger charge is -2.37. The predicted molar refractivity (Wildman–Crippen MR) is 133 cm³/mol. The molecule has 7 nitrogen and oxygen atoms in total. The molecule has 174 valence electrons. The van der Waals surface area contributed by atoms with Gasteiger partial charge < -0.3 is 24.6 Å². The molecular formula is C26H32N4O3. The van der Waals surface area contributed by atoms with E-state index in [-0.39, 0.29) is 5.91 Å². The van der Waals surface area contributed by atoms with Gasteiger partial charge in [0.05, 0.1) is 24.8 Å². The van der Waals surface area contributed by atoms with Crippen molar-refractivity contribution in [1.82, 2.24) is 10.3 Å². The number of aromatic nitrogens is 1. The van der Waals surface area contributed by atoms with E-state index in [0.717, 1.165) is 55.1 Å². The summed E-state index contributed by atoms with van der Waals surface area (Å²) in [6, 6.07) is 17.9. The number of amides is 1. The van der Waals surface area contributed by atoms with Gasteiger partial charge in [-0.1, -0.05) is 25.1 Å². The number of hydrogen-bond donors (Lipinski definition) is 1. The van der Waals surface area contributed by atoms with Gasteiger partial charge in [-0.2, -0.15) is 0 Å². The van der Waals surface area contributed by atoms with Crippen LogP contribution in [0.25, 0.3) is 10.9 Å². The topological polar surface area (TPSA) is 66.9 Å². The van der Waals surface area contributed by atoms with E-state index in [2.05, 4.69) is 34.2 Å². The summed E-state index contributed by atoms with van der Waals surface area (Å²) in [7, 11) is 1.68. The summed E-state index contributed by atoms with van der Waals surface area (Å²) in [5, 5.41) is 3.86. The zero-order valence-electron chi connectivity index (χ0n) is 19.4. The van der Waals surface area contributed by atoms with E-state index in [9.17, 15) is 4.79 Å². The standard InChI is InChI=1S/C26H32N4O3/c1-3-17-33-18-12-27-26(31)23-19-25(28-24-7-5-4-6-22(23)24)30-15-13-29(14-16-30)20-8-10-21(32-2)11-9-20/h4-11,19H,3,12-18H2,1-2H3,(H,27,31). The first-order valence-electron chi connectivity index (χ1n) is 11.6. The predicted octanol–water partition coefficient (Wildman–Crippen LogP) is 3.73. The fourth-order valence-electron chi connectivity index (χ4n) is 4.08. The molecule has 1 aromatic heterocycles. The number of rotatable bonds is 9. The first-order valence-corrected chi connectivity index (χ1v) is 11.6. The second kappa shape index (κ2) is 11.0. The largest absolute Gasteiger partial charge is 0.497 e. The van der Waals surface area contributed by atoms with Gasteiger partial charge in [0.25, 0.3) is 5.91 Å². The maximum atomic E-state index is 13.0. The molecule has 1 amide bonds. The highest BCUT2D eigenvalue weighted by atomic mass is 16.5. The number of carbonyl (C=O) groups excluding carboxylic acids is 1. The van der Waals surface area contributed by atoms with Crippen LogP contribution in [0.2, 0.25) is 0 Å². The molecule has 0 atom stereocenters. The minimum Gasteiger partial charge on any atom is -0.497 e. The number of benzene rings is 2. The number of ether oxygens (including phenoxy) is 2. The number of nitrogens with one attached hydrogen (secondary N) is 1. The highest BCUT2D eigenvalue weighted by molar-refractivity contribution is 6.07. The molecule has 2 aromatic carbocycles. The molecule has 33 heavy (non-hydrogen) atoms. The van der Waals surface area contributed by atoms with Crippen LogP contribution in [-0.4, -0.2) is 63.9 Å². The van der Waals surface area contributed by atoms with Crippen LogP contribution in [0, 0.1) is 0 Å². The van der Waals surface area contributed by atoms with Gasteiger partial charge in [0.15, 0.2) is 0 Å². The number of para-hydroxylation sites is 1. The first-order chi connectivity index (χ1) is 16.2. The van der Waals surface area contributed by atoms with Crippen LogP contribution in [-0.2, 0) is 4.74 Å². The number of methoxy groups -OCH3 is 1. The number of nitrogens with zero attached hydrogens (tertiary/aromatic N) is 3. The summed E-state index contributed by atoms with van der Waals surface area (Å²) < 4.78 is 10.8. The van der Waals surface area contributed by atoms with E-state index in [4.69, 9.17) is 14.5 Å². The number of fused-ring (bicyclic) bond motifs is 1. The lowest BCUT2D eigenvalue weighted by molar-refractivity contribution is 0.0917. The second-order valence-corrected chi connectivity index (χ2v) is 8.09. The van der Waals surface area contributed by atoms with E-state index in [0.29, 0.717) is 25.3 Å². The molecule has 7 heteroatoms. The minimum absolute atomic E-state index is 0.0909. The van der Waals surface area contributed by atoms with Gasteiger partial charge in [-0.05, 0) is 42.8 Å². The number of anilines is 2. The van der Waals surface area contributed by atoms with E-state index < -0.39 is 0 Å². The van der Waals surface area contributed by atoms with Crippen molar-refractivity contribution in [2.45, 2.75) is 13.3 Å². The fraction of sp³-hybridized carbons (Fsp3) is 0.385. The Bertz CT molecular complexity index is 1060. The van der Waals surface area contributed by atoms with Crippen molar-refractivity contribution < 1.29 is 14.3 Å². The van der Waals surface area contributed by atoms with E-state index in [1.807, 2.05) is 42.5 Å².